The van der Waals surface area contributed by atoms with Crippen LogP contribution in [-0.2, 0) is 9.59 Å². The van der Waals surface area contributed by atoms with Gasteiger partial charge in [-0.15, -0.1) is 0 Å². The summed E-state index contributed by atoms with van der Waals surface area (Å²) in [5.74, 6) is 0.470. The van der Waals surface area contributed by atoms with E-state index in [1.807, 2.05) is 24.0 Å². The molecule has 3 heterocycles. The first kappa shape index (κ1) is 17.1. The molecular weight excluding hydrogens is 330 g/mol. The van der Waals surface area contributed by atoms with Gasteiger partial charge >= 0.3 is 0 Å². The third kappa shape index (κ3) is 2.50. The number of likely N-dealkylation sites (tertiary alicyclic amines) is 1. The highest BCUT2D eigenvalue weighted by Gasteiger charge is 2.53. The van der Waals surface area contributed by atoms with Crippen LogP contribution in [0.1, 0.15) is 49.9 Å². The van der Waals surface area contributed by atoms with Crippen LogP contribution in [0.4, 0.5) is 5.69 Å². The minimum atomic E-state index is -0.763. The topological polar surface area (TPSA) is 60.9 Å². The highest BCUT2D eigenvalue weighted by molar-refractivity contribution is 6.11. The maximum absolute atomic E-state index is 13.2. The molecule has 6 nitrogen and oxygen atoms in total. The van der Waals surface area contributed by atoms with E-state index in [2.05, 4.69) is 6.92 Å². The summed E-state index contributed by atoms with van der Waals surface area (Å²) in [6.07, 6.45) is 2.95. The summed E-state index contributed by atoms with van der Waals surface area (Å²) >= 11 is 0. The van der Waals surface area contributed by atoms with E-state index >= 15 is 0 Å². The zero-order valence-electron chi connectivity index (χ0n) is 15.4. The fourth-order valence-corrected chi connectivity index (χ4v) is 4.43. The number of para-hydroxylation sites is 1. The zero-order chi connectivity index (χ0) is 18.5. The minimum Gasteiger partial charge on any atom is -0.341 e. The van der Waals surface area contributed by atoms with Gasteiger partial charge in [0.2, 0.25) is 11.8 Å². The first-order valence-corrected chi connectivity index (χ1v) is 9.43. The van der Waals surface area contributed by atoms with Gasteiger partial charge in [-0.05, 0) is 44.2 Å². The molecule has 1 atom stereocenters. The van der Waals surface area contributed by atoms with Crippen molar-refractivity contribution in [3.05, 3.63) is 29.8 Å². The zero-order valence-corrected chi connectivity index (χ0v) is 15.4. The van der Waals surface area contributed by atoms with E-state index < -0.39 is 5.66 Å². The number of hydrogen-bond donors (Lipinski definition) is 0. The van der Waals surface area contributed by atoms with Crippen LogP contribution in [0.25, 0.3) is 0 Å². The Morgan fingerprint density at radius 3 is 2.62 bits per heavy atom. The number of benzene rings is 1. The first-order valence-electron chi connectivity index (χ1n) is 9.43. The van der Waals surface area contributed by atoms with Gasteiger partial charge in [0.05, 0.1) is 11.3 Å². The molecule has 0 spiro atoms. The van der Waals surface area contributed by atoms with E-state index in [1.54, 1.807) is 21.9 Å². The molecule has 1 aromatic rings. The molecule has 4 rings (SSSR count). The second-order valence-electron chi connectivity index (χ2n) is 7.92. The van der Waals surface area contributed by atoms with Crippen molar-refractivity contribution >= 4 is 23.4 Å². The lowest BCUT2D eigenvalue weighted by Gasteiger charge is -2.48. The van der Waals surface area contributed by atoms with E-state index in [0.29, 0.717) is 30.0 Å². The molecule has 0 radical (unpaired) electrons. The van der Waals surface area contributed by atoms with Crippen LogP contribution in [-0.4, -0.2) is 52.8 Å². The molecule has 3 aliphatic rings. The Morgan fingerprint density at radius 1 is 1.19 bits per heavy atom. The van der Waals surface area contributed by atoms with Crippen molar-refractivity contribution in [3.63, 3.8) is 0 Å². The standard InChI is InChI=1S/C20H25N3O3/c1-14-8-11-21(12-9-14)18(25)13-22-19(26)15-5-3-4-6-16(15)23-17(24)7-10-20(22,23)2/h3-6,14H,7-13H2,1-2H3/t20-/m1/s1. The Kier molecular flexibility index (Phi) is 4.01. The number of carbonyl (C=O) groups is 3. The van der Waals surface area contributed by atoms with Crippen LogP contribution in [0.2, 0.25) is 0 Å². The van der Waals surface area contributed by atoms with E-state index in [1.165, 1.54) is 0 Å². The van der Waals surface area contributed by atoms with Crippen molar-refractivity contribution < 1.29 is 14.4 Å². The highest BCUT2D eigenvalue weighted by atomic mass is 16.2. The Morgan fingerprint density at radius 2 is 1.88 bits per heavy atom. The van der Waals surface area contributed by atoms with Gasteiger partial charge in [0, 0.05) is 19.5 Å². The maximum Gasteiger partial charge on any atom is 0.258 e. The van der Waals surface area contributed by atoms with Crippen LogP contribution in [0.15, 0.2) is 24.3 Å². The normalized spacial score (nSPS) is 26.2. The second-order valence-corrected chi connectivity index (χ2v) is 7.92. The van der Waals surface area contributed by atoms with E-state index in [9.17, 15) is 14.4 Å². The van der Waals surface area contributed by atoms with Crippen LogP contribution in [0.5, 0.6) is 0 Å². The number of rotatable bonds is 2. The summed E-state index contributed by atoms with van der Waals surface area (Å²) in [4.78, 5) is 43.8. The fraction of sp³-hybridized carbons (Fsp3) is 0.550. The van der Waals surface area contributed by atoms with Crippen LogP contribution >= 0.6 is 0 Å². The molecule has 0 N–H and O–H groups in total. The van der Waals surface area contributed by atoms with Crippen molar-refractivity contribution in [2.45, 2.75) is 45.2 Å². The molecule has 6 heteroatoms. The highest BCUT2D eigenvalue weighted by Crippen LogP contribution is 2.43. The summed E-state index contributed by atoms with van der Waals surface area (Å²) in [5.41, 5.74) is 0.402. The third-order valence-corrected chi connectivity index (χ3v) is 6.18. The Hall–Kier alpha value is -2.37. The monoisotopic (exact) mass is 355 g/mol. The predicted molar refractivity (Wildman–Crippen MR) is 97.6 cm³/mol. The minimum absolute atomic E-state index is 0.0108. The van der Waals surface area contributed by atoms with Gasteiger partial charge in [-0.3, -0.25) is 19.3 Å². The Balaban J connectivity index is 1.64. The molecule has 3 amide bonds. The number of nitrogens with zero attached hydrogens (tertiary/aromatic N) is 3. The Labute approximate surface area is 153 Å². The van der Waals surface area contributed by atoms with E-state index in [0.717, 1.165) is 25.9 Å². The summed E-state index contributed by atoms with van der Waals surface area (Å²) in [6.45, 7) is 5.63. The lowest BCUT2D eigenvalue weighted by atomic mass is 9.97. The molecule has 1 aromatic carbocycles. The summed E-state index contributed by atoms with van der Waals surface area (Å²) in [6, 6.07) is 7.20. The lowest BCUT2D eigenvalue weighted by Crippen LogP contribution is -2.64. The van der Waals surface area contributed by atoms with Gasteiger partial charge in [0.1, 0.15) is 12.2 Å². The average molecular weight is 355 g/mol. The molecule has 0 bridgehead atoms. The number of anilines is 1. The van der Waals surface area contributed by atoms with Crippen molar-refractivity contribution in [1.29, 1.82) is 0 Å². The van der Waals surface area contributed by atoms with E-state index in [-0.39, 0.29) is 24.3 Å². The SMILES string of the molecule is CC1CCN(C(=O)CN2C(=O)c3ccccc3N3C(=O)CC[C@]23C)CC1. The van der Waals surface area contributed by atoms with Crippen molar-refractivity contribution in [1.82, 2.24) is 9.80 Å². The number of piperidine rings is 1. The molecule has 0 unspecified atom stereocenters. The largest absolute Gasteiger partial charge is 0.341 e. The van der Waals surface area contributed by atoms with Gasteiger partial charge in [-0.25, -0.2) is 0 Å². The average Bonchev–Trinajstić information content (AvgIpc) is 2.95. The van der Waals surface area contributed by atoms with Gasteiger partial charge in [0.15, 0.2) is 0 Å². The molecule has 138 valence electrons. The third-order valence-electron chi connectivity index (χ3n) is 6.18. The van der Waals surface area contributed by atoms with Gasteiger partial charge in [-0.1, -0.05) is 19.1 Å². The molecule has 2 saturated heterocycles. The number of hydrogen-bond acceptors (Lipinski definition) is 3. The quantitative estimate of drug-likeness (QED) is 0.817. The van der Waals surface area contributed by atoms with Gasteiger partial charge in [-0.2, -0.15) is 0 Å². The fourth-order valence-electron chi connectivity index (χ4n) is 4.43. The first-order chi connectivity index (χ1) is 12.4. The summed E-state index contributed by atoms with van der Waals surface area (Å²) < 4.78 is 0. The summed E-state index contributed by atoms with van der Waals surface area (Å²) in [7, 11) is 0. The Bertz CT molecular complexity index is 769. The second kappa shape index (κ2) is 6.11. The number of fused-ring (bicyclic) bond motifs is 3. The molecule has 26 heavy (non-hydrogen) atoms. The molecule has 0 aromatic heterocycles. The summed E-state index contributed by atoms with van der Waals surface area (Å²) in [5, 5.41) is 0. The van der Waals surface area contributed by atoms with Crippen molar-refractivity contribution in [2.24, 2.45) is 5.92 Å². The maximum atomic E-state index is 13.2. The van der Waals surface area contributed by atoms with Gasteiger partial charge in [0.25, 0.3) is 5.91 Å². The molecule has 3 aliphatic heterocycles. The predicted octanol–water partition coefficient (Wildman–Crippen LogP) is 2.24. The smallest absolute Gasteiger partial charge is 0.258 e. The van der Waals surface area contributed by atoms with E-state index in [4.69, 9.17) is 0 Å². The number of amides is 3. The molecule has 2 fully saturated rings. The van der Waals surface area contributed by atoms with Crippen molar-refractivity contribution in [3.8, 4) is 0 Å². The molecule has 0 aliphatic carbocycles. The van der Waals surface area contributed by atoms with Gasteiger partial charge < -0.3 is 9.80 Å². The van der Waals surface area contributed by atoms with Crippen LogP contribution < -0.4 is 4.90 Å². The molecule has 0 saturated carbocycles. The number of carbonyl (C=O) groups excluding carboxylic acids is 3. The van der Waals surface area contributed by atoms with Crippen LogP contribution in [0.3, 0.4) is 0 Å². The van der Waals surface area contributed by atoms with Crippen LogP contribution in [0, 0.1) is 5.92 Å². The lowest BCUT2D eigenvalue weighted by molar-refractivity contribution is -0.134. The van der Waals surface area contributed by atoms with Crippen molar-refractivity contribution in [2.75, 3.05) is 24.5 Å². The molecular formula is C20H25N3O3.